The van der Waals surface area contributed by atoms with Crippen molar-refractivity contribution in [2.45, 2.75) is 30.6 Å². The molecule has 1 aromatic carbocycles. The van der Waals surface area contributed by atoms with Gasteiger partial charge in [-0.15, -0.1) is 0 Å². The molecule has 1 atom stereocenters. The molecule has 0 amide bonds. The number of hydrogen-bond acceptors (Lipinski definition) is 2. The highest BCUT2D eigenvalue weighted by atomic mass is 32.2. The van der Waals surface area contributed by atoms with Crippen LogP contribution in [-0.4, -0.2) is 9.32 Å². The van der Waals surface area contributed by atoms with Gasteiger partial charge in [0.1, 0.15) is 10.8 Å². The lowest BCUT2D eigenvalue weighted by atomic mass is 10.1. The van der Waals surface area contributed by atoms with Crippen molar-refractivity contribution in [2.24, 2.45) is 0 Å². The van der Waals surface area contributed by atoms with Crippen LogP contribution in [0.1, 0.15) is 23.1 Å². The molecule has 0 saturated heterocycles. The van der Waals surface area contributed by atoms with Crippen LogP contribution in [0, 0.1) is 0 Å². The summed E-state index contributed by atoms with van der Waals surface area (Å²) in [5, 5.41) is -0.135. The number of benzene rings is 1. The number of aryl methyl sites for hydroxylation is 2. The third-order valence-electron chi connectivity index (χ3n) is 3.02. The molecular formula is C11H10O2S. The van der Waals surface area contributed by atoms with Gasteiger partial charge < -0.3 is 0 Å². The third-order valence-corrected chi connectivity index (χ3v) is 4.35. The molecule has 2 nitrogen and oxygen atoms in total. The lowest BCUT2D eigenvalue weighted by molar-refractivity contribution is -0.110. The van der Waals surface area contributed by atoms with Crippen molar-refractivity contribution in [2.75, 3.05) is 0 Å². The van der Waals surface area contributed by atoms with E-state index >= 15 is 0 Å². The van der Waals surface area contributed by atoms with E-state index in [4.69, 9.17) is 0 Å². The molecule has 0 aromatic heterocycles. The SMILES string of the molecule is O=C1Cc2cc3c(cc2S1=O)CCC3. The van der Waals surface area contributed by atoms with Gasteiger partial charge in [-0.1, -0.05) is 6.07 Å². The van der Waals surface area contributed by atoms with E-state index in [9.17, 15) is 9.00 Å². The first-order chi connectivity index (χ1) is 6.75. The normalized spacial score (nSPS) is 23.7. The highest BCUT2D eigenvalue weighted by molar-refractivity contribution is 8.00. The van der Waals surface area contributed by atoms with Gasteiger partial charge in [0.2, 0.25) is 5.12 Å². The Kier molecular flexibility index (Phi) is 1.65. The van der Waals surface area contributed by atoms with Gasteiger partial charge >= 0.3 is 0 Å². The zero-order valence-electron chi connectivity index (χ0n) is 7.71. The molecule has 0 spiro atoms. The van der Waals surface area contributed by atoms with Crippen LogP contribution in [0.2, 0.25) is 0 Å². The minimum absolute atomic E-state index is 0.135. The molecule has 3 heteroatoms. The number of carbonyl (C=O) groups is 1. The standard InChI is InChI=1S/C11H10O2S/c12-11-6-9-4-7-2-1-3-8(7)5-10(9)14(11)13/h4-5H,1-3,6H2. The van der Waals surface area contributed by atoms with Gasteiger partial charge in [0, 0.05) is 6.42 Å². The summed E-state index contributed by atoms with van der Waals surface area (Å²) in [6.45, 7) is 0. The fraction of sp³-hybridized carbons (Fsp3) is 0.364. The summed E-state index contributed by atoms with van der Waals surface area (Å²) >= 11 is 0. The molecule has 1 aliphatic carbocycles. The Morgan fingerprint density at radius 2 is 1.79 bits per heavy atom. The second-order valence-electron chi connectivity index (χ2n) is 3.90. The number of fused-ring (bicyclic) bond motifs is 2. The Morgan fingerprint density at radius 3 is 2.57 bits per heavy atom. The Labute approximate surface area is 84.8 Å². The molecule has 1 aliphatic heterocycles. The van der Waals surface area contributed by atoms with Crippen LogP contribution in [0.4, 0.5) is 0 Å². The summed E-state index contributed by atoms with van der Waals surface area (Å²) in [4.78, 5) is 12.0. The highest BCUT2D eigenvalue weighted by Gasteiger charge is 2.28. The Morgan fingerprint density at radius 1 is 1.07 bits per heavy atom. The van der Waals surface area contributed by atoms with Crippen LogP contribution < -0.4 is 0 Å². The first kappa shape index (κ1) is 8.36. The second-order valence-corrected chi connectivity index (χ2v) is 5.33. The fourth-order valence-corrected chi connectivity index (χ4v) is 3.46. The van der Waals surface area contributed by atoms with Crippen LogP contribution in [0.25, 0.3) is 0 Å². The molecule has 0 bridgehead atoms. The molecular weight excluding hydrogens is 196 g/mol. The molecule has 2 aliphatic rings. The third kappa shape index (κ3) is 1.02. The van der Waals surface area contributed by atoms with E-state index < -0.39 is 10.8 Å². The lowest BCUT2D eigenvalue weighted by Gasteiger charge is -2.02. The predicted octanol–water partition coefficient (Wildman–Crippen LogP) is 1.37. The highest BCUT2D eigenvalue weighted by Crippen LogP contribution is 2.31. The molecule has 1 unspecified atom stereocenters. The molecule has 14 heavy (non-hydrogen) atoms. The minimum Gasteiger partial charge on any atom is -0.284 e. The summed E-state index contributed by atoms with van der Waals surface area (Å²) in [5.41, 5.74) is 3.65. The monoisotopic (exact) mass is 206 g/mol. The molecule has 1 heterocycles. The molecule has 1 aromatic rings. The van der Waals surface area contributed by atoms with E-state index in [-0.39, 0.29) is 5.12 Å². The second kappa shape index (κ2) is 2.76. The maximum absolute atomic E-state index is 11.6. The van der Waals surface area contributed by atoms with E-state index in [0.717, 1.165) is 23.3 Å². The average Bonchev–Trinajstić information content (AvgIpc) is 2.70. The van der Waals surface area contributed by atoms with Crippen molar-refractivity contribution in [3.05, 3.63) is 28.8 Å². The van der Waals surface area contributed by atoms with Crippen molar-refractivity contribution < 1.29 is 9.00 Å². The van der Waals surface area contributed by atoms with Crippen molar-refractivity contribution in [3.63, 3.8) is 0 Å². The van der Waals surface area contributed by atoms with E-state index in [1.165, 1.54) is 17.5 Å². The summed E-state index contributed by atoms with van der Waals surface area (Å²) in [6, 6.07) is 4.07. The molecule has 72 valence electrons. The lowest BCUT2D eigenvalue weighted by Crippen LogP contribution is -1.98. The molecule has 0 saturated carbocycles. The van der Waals surface area contributed by atoms with Crippen LogP contribution in [0.3, 0.4) is 0 Å². The smallest absolute Gasteiger partial charge is 0.228 e. The van der Waals surface area contributed by atoms with Crippen LogP contribution in [-0.2, 0) is 34.9 Å². The van der Waals surface area contributed by atoms with Gasteiger partial charge in [-0.05, 0) is 42.0 Å². The first-order valence-electron chi connectivity index (χ1n) is 4.85. The largest absolute Gasteiger partial charge is 0.284 e. The van der Waals surface area contributed by atoms with Gasteiger partial charge in [0.25, 0.3) is 0 Å². The minimum atomic E-state index is -1.37. The first-order valence-corrected chi connectivity index (χ1v) is 6.00. The Bertz CT molecular complexity index is 463. The zero-order valence-corrected chi connectivity index (χ0v) is 8.52. The summed E-state index contributed by atoms with van der Waals surface area (Å²) in [6.07, 6.45) is 3.76. The summed E-state index contributed by atoms with van der Waals surface area (Å²) in [5.74, 6) is 0. The number of carbonyl (C=O) groups excluding carboxylic acids is 1. The molecule has 3 rings (SSSR count). The number of hydrogen-bond donors (Lipinski definition) is 0. The summed E-state index contributed by atoms with van der Waals surface area (Å²) in [7, 11) is -1.37. The predicted molar refractivity (Wildman–Crippen MR) is 53.6 cm³/mol. The van der Waals surface area contributed by atoms with Gasteiger partial charge in [-0.3, -0.25) is 4.79 Å². The fourth-order valence-electron chi connectivity index (χ4n) is 2.31. The van der Waals surface area contributed by atoms with Crippen molar-refractivity contribution in [1.29, 1.82) is 0 Å². The zero-order chi connectivity index (χ0) is 9.71. The van der Waals surface area contributed by atoms with Gasteiger partial charge in [-0.2, -0.15) is 0 Å². The van der Waals surface area contributed by atoms with E-state index in [1.807, 2.05) is 6.07 Å². The van der Waals surface area contributed by atoms with E-state index in [1.54, 1.807) is 0 Å². The van der Waals surface area contributed by atoms with Crippen molar-refractivity contribution in [3.8, 4) is 0 Å². The summed E-state index contributed by atoms with van der Waals surface area (Å²) < 4.78 is 11.6. The average molecular weight is 206 g/mol. The maximum Gasteiger partial charge on any atom is 0.228 e. The molecule has 0 fully saturated rings. The van der Waals surface area contributed by atoms with Crippen molar-refractivity contribution >= 4 is 15.9 Å². The molecule has 0 radical (unpaired) electrons. The topological polar surface area (TPSA) is 34.1 Å². The Hall–Kier alpha value is -0.960. The van der Waals surface area contributed by atoms with Crippen molar-refractivity contribution in [1.82, 2.24) is 0 Å². The van der Waals surface area contributed by atoms with Crippen LogP contribution in [0.15, 0.2) is 17.0 Å². The van der Waals surface area contributed by atoms with Crippen LogP contribution in [0.5, 0.6) is 0 Å². The van der Waals surface area contributed by atoms with Gasteiger partial charge in [0.15, 0.2) is 0 Å². The van der Waals surface area contributed by atoms with Crippen LogP contribution >= 0.6 is 0 Å². The van der Waals surface area contributed by atoms with E-state index in [2.05, 4.69) is 6.07 Å². The maximum atomic E-state index is 11.6. The molecule has 0 N–H and O–H groups in total. The van der Waals surface area contributed by atoms with Gasteiger partial charge in [0.05, 0.1) is 4.90 Å². The quantitative estimate of drug-likeness (QED) is 0.642. The van der Waals surface area contributed by atoms with Gasteiger partial charge in [-0.25, -0.2) is 4.21 Å². The number of rotatable bonds is 0. The van der Waals surface area contributed by atoms with E-state index in [0.29, 0.717) is 6.42 Å². The Balaban J connectivity index is 2.22.